The Morgan fingerprint density at radius 2 is 1.53 bits per heavy atom. The van der Waals surface area contributed by atoms with Gasteiger partial charge in [-0.05, 0) is 111 Å². The van der Waals surface area contributed by atoms with Crippen molar-refractivity contribution >= 4 is 32.5 Å². The smallest absolute Gasteiger partial charge is 0.340 e. The van der Waals surface area contributed by atoms with E-state index in [1.165, 1.54) is 18.6 Å². The van der Waals surface area contributed by atoms with Crippen molar-refractivity contribution in [2.24, 2.45) is 0 Å². The maximum Gasteiger partial charge on any atom is 0.340 e. The van der Waals surface area contributed by atoms with Crippen molar-refractivity contribution < 1.29 is 22.7 Å². The van der Waals surface area contributed by atoms with Crippen molar-refractivity contribution in [1.82, 2.24) is 15.1 Å². The highest BCUT2D eigenvalue weighted by molar-refractivity contribution is 7.92. The summed E-state index contributed by atoms with van der Waals surface area (Å²) in [6, 6.07) is 23.6. The number of piperazine rings is 1. The summed E-state index contributed by atoms with van der Waals surface area (Å²) in [5, 5.41) is 5.36. The van der Waals surface area contributed by atoms with Crippen molar-refractivity contribution in [1.29, 1.82) is 0 Å². The number of fused-ring (bicyclic) bond motifs is 1. The highest BCUT2D eigenvalue weighted by Crippen LogP contribution is 2.34. The van der Waals surface area contributed by atoms with Crippen LogP contribution in [0.25, 0.3) is 21.9 Å². The second-order valence-electron chi connectivity index (χ2n) is 11.9. The number of ether oxygens (including phenoxy) is 2. The second kappa shape index (κ2) is 16.2. The van der Waals surface area contributed by atoms with Gasteiger partial charge in [-0.2, -0.15) is 0 Å². The van der Waals surface area contributed by atoms with Crippen LogP contribution in [-0.2, 0) is 14.8 Å². The molecule has 4 aromatic rings. The zero-order chi connectivity index (χ0) is 33.2. The fourth-order valence-corrected chi connectivity index (χ4v) is 7.07. The van der Waals surface area contributed by atoms with Crippen molar-refractivity contribution in [3.8, 4) is 16.9 Å². The van der Waals surface area contributed by atoms with Gasteiger partial charge in [0.2, 0.25) is 0 Å². The molecule has 9 nitrogen and oxygen atoms in total. The van der Waals surface area contributed by atoms with Crippen LogP contribution in [0.5, 0.6) is 5.75 Å². The van der Waals surface area contributed by atoms with Gasteiger partial charge in [0.1, 0.15) is 5.75 Å². The van der Waals surface area contributed by atoms with E-state index in [0.29, 0.717) is 12.4 Å². The number of hydrogen-bond acceptors (Lipinski definition) is 8. The molecule has 250 valence electrons. The fraction of sp³-hybridized carbons (Fsp3) is 0.378. The van der Waals surface area contributed by atoms with E-state index in [2.05, 4.69) is 32.8 Å². The van der Waals surface area contributed by atoms with Gasteiger partial charge in [0.15, 0.2) is 0 Å². The number of nitrogens with one attached hydrogen (secondary N) is 2. The van der Waals surface area contributed by atoms with Crippen molar-refractivity contribution in [3.05, 3.63) is 90.0 Å². The molecule has 1 aliphatic rings. The molecule has 1 heterocycles. The molecule has 0 saturated carbocycles. The van der Waals surface area contributed by atoms with Gasteiger partial charge in [-0.15, -0.1) is 0 Å². The molecule has 0 spiro atoms. The first kappa shape index (κ1) is 34.4. The fourth-order valence-electron chi connectivity index (χ4n) is 6.00. The quantitative estimate of drug-likeness (QED) is 0.122. The molecule has 10 heteroatoms. The van der Waals surface area contributed by atoms with Gasteiger partial charge >= 0.3 is 5.97 Å². The van der Waals surface area contributed by atoms with Gasteiger partial charge < -0.3 is 24.6 Å². The Morgan fingerprint density at radius 1 is 0.851 bits per heavy atom. The van der Waals surface area contributed by atoms with Crippen LogP contribution in [0.15, 0.2) is 83.8 Å². The van der Waals surface area contributed by atoms with Crippen LogP contribution < -0.4 is 14.8 Å². The Hall–Kier alpha value is -3.96. The number of carbonyl (C=O) groups excluding carboxylic acids is 1. The molecule has 0 aromatic heterocycles. The molecule has 1 saturated heterocycles. The number of nitrogens with zero attached hydrogens (tertiary/aromatic N) is 2. The lowest BCUT2D eigenvalue weighted by Crippen LogP contribution is -2.47. The molecule has 2 N–H and O–H groups in total. The third kappa shape index (κ3) is 8.90. The van der Waals surface area contributed by atoms with E-state index in [1.807, 2.05) is 43.4 Å². The summed E-state index contributed by atoms with van der Waals surface area (Å²) >= 11 is 0. The van der Waals surface area contributed by atoms with Crippen LogP contribution in [0.2, 0.25) is 0 Å². The van der Waals surface area contributed by atoms with Crippen LogP contribution >= 0.6 is 0 Å². The minimum Gasteiger partial charge on any atom is -0.494 e. The van der Waals surface area contributed by atoms with Crippen LogP contribution in [0.3, 0.4) is 0 Å². The first-order valence-corrected chi connectivity index (χ1v) is 17.9. The number of rotatable bonds is 15. The SMILES string of the molecule is CCOC(=O)c1ccc(-c2ccc(C)c3ccccc23)cc1NS(=O)(=O)c1ccc(OCCCN2CCN(CCCNC)CC2)cc1. The topological polar surface area (TPSA) is 100 Å². The number of hydrogen-bond donors (Lipinski definition) is 2. The summed E-state index contributed by atoms with van der Waals surface area (Å²) in [6.07, 6.45) is 2.07. The van der Waals surface area contributed by atoms with Gasteiger partial charge in [-0.25, -0.2) is 13.2 Å². The molecule has 0 amide bonds. The average molecular weight is 659 g/mol. The molecule has 5 rings (SSSR count). The molecule has 47 heavy (non-hydrogen) atoms. The van der Waals surface area contributed by atoms with Crippen LogP contribution in [0, 0.1) is 6.92 Å². The Labute approximate surface area is 278 Å². The zero-order valence-electron chi connectivity index (χ0n) is 27.6. The Morgan fingerprint density at radius 3 is 2.21 bits per heavy atom. The monoisotopic (exact) mass is 658 g/mol. The van der Waals surface area contributed by atoms with Crippen LogP contribution in [-0.4, -0.2) is 90.3 Å². The minimum absolute atomic E-state index is 0.0680. The number of carbonyl (C=O) groups is 1. The molecular weight excluding hydrogens is 612 g/mol. The largest absolute Gasteiger partial charge is 0.494 e. The second-order valence-corrected chi connectivity index (χ2v) is 13.6. The van der Waals surface area contributed by atoms with E-state index >= 15 is 0 Å². The molecular formula is C37H46N4O5S. The highest BCUT2D eigenvalue weighted by atomic mass is 32.2. The molecule has 1 fully saturated rings. The summed E-state index contributed by atoms with van der Waals surface area (Å²) < 4.78 is 41.0. The van der Waals surface area contributed by atoms with Gasteiger partial charge in [-0.1, -0.05) is 42.5 Å². The first-order valence-electron chi connectivity index (χ1n) is 16.4. The minimum atomic E-state index is -4.03. The van der Waals surface area contributed by atoms with Gasteiger partial charge in [0.05, 0.1) is 29.4 Å². The lowest BCUT2D eigenvalue weighted by Gasteiger charge is -2.34. The summed E-state index contributed by atoms with van der Waals surface area (Å²) in [5.41, 5.74) is 3.16. The number of benzene rings is 4. The number of sulfonamides is 1. The maximum absolute atomic E-state index is 13.6. The van der Waals surface area contributed by atoms with Gasteiger partial charge in [0.25, 0.3) is 10.0 Å². The van der Waals surface area contributed by atoms with E-state index in [-0.39, 0.29) is 22.8 Å². The van der Waals surface area contributed by atoms with E-state index in [1.54, 1.807) is 31.2 Å². The summed E-state index contributed by atoms with van der Waals surface area (Å²) in [5.74, 6) is 0.0134. The summed E-state index contributed by atoms with van der Waals surface area (Å²) in [7, 11) is -2.04. The molecule has 0 unspecified atom stereocenters. The van der Waals surface area contributed by atoms with E-state index in [9.17, 15) is 13.2 Å². The maximum atomic E-state index is 13.6. The molecule has 0 aliphatic carbocycles. The molecule has 0 bridgehead atoms. The Balaban J connectivity index is 1.23. The molecule has 1 aliphatic heterocycles. The van der Waals surface area contributed by atoms with Crippen molar-refractivity contribution in [2.45, 2.75) is 31.6 Å². The molecule has 0 atom stereocenters. The van der Waals surface area contributed by atoms with Gasteiger partial charge in [-0.3, -0.25) is 4.72 Å². The third-order valence-corrected chi connectivity index (χ3v) is 9.98. The standard InChI is InChI=1S/C37H46N4O5S/c1-4-45-37(42)35-18-12-29(33-17-11-28(2)32-9-5-6-10-34(32)33)27-36(35)39-47(43,44)31-15-13-30(14-16-31)46-26-8-21-41-24-22-40(23-25-41)20-7-19-38-3/h5-6,9-18,27,38-39H,4,7-8,19-26H2,1-3H3. The van der Waals surface area contributed by atoms with Crippen molar-refractivity contribution in [3.63, 3.8) is 0 Å². The third-order valence-electron chi connectivity index (χ3n) is 8.60. The number of anilines is 1. The number of aryl methyl sites for hydroxylation is 1. The van der Waals surface area contributed by atoms with Crippen LogP contribution in [0.1, 0.15) is 35.7 Å². The Bertz CT molecular complexity index is 1750. The zero-order valence-corrected chi connectivity index (χ0v) is 28.4. The molecule has 4 aromatic carbocycles. The highest BCUT2D eigenvalue weighted by Gasteiger charge is 2.21. The average Bonchev–Trinajstić information content (AvgIpc) is 3.08. The Kier molecular flexibility index (Phi) is 11.9. The lowest BCUT2D eigenvalue weighted by molar-refractivity contribution is 0.0527. The van der Waals surface area contributed by atoms with Gasteiger partial charge in [0, 0.05) is 32.7 Å². The summed E-state index contributed by atoms with van der Waals surface area (Å²) in [4.78, 5) is 17.9. The normalized spacial score (nSPS) is 14.3. The lowest BCUT2D eigenvalue weighted by atomic mass is 9.94. The summed E-state index contributed by atoms with van der Waals surface area (Å²) in [6.45, 7) is 12.0. The van der Waals surface area contributed by atoms with Crippen molar-refractivity contribution in [2.75, 3.05) is 70.8 Å². The molecule has 0 radical (unpaired) electrons. The van der Waals surface area contributed by atoms with E-state index < -0.39 is 16.0 Å². The van der Waals surface area contributed by atoms with E-state index in [0.717, 1.165) is 79.7 Å². The predicted octanol–water partition coefficient (Wildman–Crippen LogP) is 5.79. The first-order chi connectivity index (χ1) is 22.8. The predicted molar refractivity (Wildman–Crippen MR) is 189 cm³/mol. The number of esters is 1. The van der Waals surface area contributed by atoms with Crippen LogP contribution in [0.4, 0.5) is 5.69 Å². The van der Waals surface area contributed by atoms with E-state index in [4.69, 9.17) is 9.47 Å².